The first-order chi connectivity index (χ1) is 48.8. The summed E-state index contributed by atoms with van der Waals surface area (Å²) in [6.07, 6.45) is 46.6. The summed E-state index contributed by atoms with van der Waals surface area (Å²) in [5.74, 6) is 0. The largest absolute Gasteiger partial charge is 0.298 e. The van der Waals surface area contributed by atoms with Crippen LogP contribution in [0.25, 0.3) is 91.1 Å². The Bertz CT molecular complexity index is 4020. The number of carbonyl (C=O) groups excluding carboxylic acids is 1. The molecule has 0 N–H and O–H groups in total. The predicted octanol–water partition coefficient (Wildman–Crippen LogP) is 29.5. The quantitative estimate of drug-likeness (QED) is 0.0214. The van der Waals surface area contributed by atoms with Crippen LogP contribution in [-0.2, 0) is 16.2 Å². The third kappa shape index (κ3) is 15.1. The number of benzene rings is 9. The fourth-order valence-corrected chi connectivity index (χ4v) is 18.3. The minimum absolute atomic E-state index is 0.213. The minimum atomic E-state index is -0.226. The van der Waals surface area contributed by atoms with Crippen molar-refractivity contribution in [2.75, 3.05) is 0 Å². The molecule has 0 amide bonds. The smallest absolute Gasteiger partial charge is 0.150 e. The van der Waals surface area contributed by atoms with Crippen molar-refractivity contribution in [2.45, 2.75) is 250 Å². The van der Waals surface area contributed by atoms with Crippen molar-refractivity contribution < 1.29 is 4.79 Å². The first-order valence-corrected chi connectivity index (χ1v) is 39.7. The number of fused-ring (bicyclic) bond motifs is 12. The summed E-state index contributed by atoms with van der Waals surface area (Å²) in [5, 5.41) is 0. The predicted molar refractivity (Wildman–Crippen MR) is 430 cm³/mol. The molecule has 512 valence electrons. The average Bonchev–Trinajstić information content (AvgIpc) is 1.48. The van der Waals surface area contributed by atoms with Gasteiger partial charge in [0.25, 0.3) is 0 Å². The van der Waals surface area contributed by atoms with Crippen LogP contribution in [0.2, 0.25) is 0 Å². The fraction of sp³-hybridized carbons (Fsp3) is 0.398. The van der Waals surface area contributed by atoms with Gasteiger partial charge >= 0.3 is 0 Å². The molecule has 9 aromatic rings. The number of aldehydes is 1. The van der Waals surface area contributed by atoms with Crippen LogP contribution in [-0.4, -0.2) is 6.29 Å². The SMILES string of the molecule is CCCCCCC1(CCCCCC)c2cc(-c3ccc(C=O)cc3)ccc2-c2c1c1c(c3c2C(CCCCCC)(CCCCCC)c2cc(-c4ccc(/C=C/c5ccccc5)cc4)ccc2-3)C(CCCCCC)(CCCCCC)c2cc(-c3ccc(/C=C/c4ccccc4)cc3)ccc2-1. The lowest BCUT2D eigenvalue weighted by Crippen LogP contribution is -2.31. The van der Waals surface area contributed by atoms with Gasteiger partial charge in [-0.05, 0) is 179 Å². The van der Waals surface area contributed by atoms with Crippen LogP contribution in [0.4, 0.5) is 0 Å². The maximum absolute atomic E-state index is 12.3. The number of hydrogen-bond donors (Lipinski definition) is 0. The number of rotatable bonds is 38. The zero-order valence-electron chi connectivity index (χ0n) is 61.4. The van der Waals surface area contributed by atoms with Gasteiger partial charge in [-0.25, -0.2) is 0 Å². The molecule has 0 bridgehead atoms. The van der Waals surface area contributed by atoms with Crippen LogP contribution in [0, 0.1) is 0 Å². The molecule has 0 radical (unpaired) electrons. The van der Waals surface area contributed by atoms with Gasteiger partial charge in [0.2, 0.25) is 0 Å². The summed E-state index contributed by atoms with van der Waals surface area (Å²) in [7, 11) is 0. The van der Waals surface area contributed by atoms with E-state index in [0.717, 1.165) is 50.4 Å². The van der Waals surface area contributed by atoms with Crippen molar-refractivity contribution in [3.05, 3.63) is 249 Å². The molecule has 0 spiro atoms. The molecule has 1 nitrogen and oxygen atoms in total. The Morgan fingerprint density at radius 2 is 0.475 bits per heavy atom. The van der Waals surface area contributed by atoms with Crippen molar-refractivity contribution in [2.24, 2.45) is 0 Å². The van der Waals surface area contributed by atoms with Crippen LogP contribution in [0.1, 0.15) is 300 Å². The summed E-state index contributed by atoms with van der Waals surface area (Å²) < 4.78 is 0. The summed E-state index contributed by atoms with van der Waals surface area (Å²) in [4.78, 5) is 12.3. The molecule has 0 saturated heterocycles. The summed E-state index contributed by atoms with van der Waals surface area (Å²) >= 11 is 0. The standard InChI is InChI=1S/C98H114O/c1-7-13-19-31-63-96(64-32-20-14-8-2)88-70-82(79-53-47-76(48-54-79)44-42-74-39-29-26-30-40-74)58-61-85(88)91-93(96)90-84-60-57-81(78-51-45-75(46-52-78)43-41-73-37-27-25-28-38-73)69-87(84)97(65-33-21-15-9-3,66-34-22-16-10-4)94(90)92-86-62-59-83(80-55-49-77(72-99)50-56-80)71-89(86)98(95(91)92,67-35-23-17-11-5)68-36-24-18-12-6/h25-30,37-62,69-72H,7-24,31-36,63-68H2,1-6H3/b43-41+,44-42+. The number of carbonyl (C=O) groups is 1. The van der Waals surface area contributed by atoms with Gasteiger partial charge in [-0.15, -0.1) is 0 Å². The lowest BCUT2D eigenvalue weighted by Gasteiger charge is -2.40. The van der Waals surface area contributed by atoms with Crippen LogP contribution >= 0.6 is 0 Å². The summed E-state index contributed by atoms with van der Waals surface area (Å²) in [6.45, 7) is 14.4. The highest BCUT2D eigenvalue weighted by Crippen LogP contribution is 2.72. The zero-order chi connectivity index (χ0) is 68.4. The molecule has 0 aliphatic heterocycles. The van der Waals surface area contributed by atoms with Gasteiger partial charge in [0.1, 0.15) is 6.29 Å². The van der Waals surface area contributed by atoms with Gasteiger partial charge in [0.05, 0.1) is 0 Å². The molecule has 3 aliphatic rings. The van der Waals surface area contributed by atoms with Crippen LogP contribution in [0.5, 0.6) is 0 Å². The van der Waals surface area contributed by atoms with Gasteiger partial charge in [-0.1, -0.05) is 390 Å². The lowest BCUT2D eigenvalue weighted by atomic mass is 9.63. The van der Waals surface area contributed by atoms with Gasteiger partial charge < -0.3 is 0 Å². The molecule has 0 aromatic heterocycles. The summed E-state index contributed by atoms with van der Waals surface area (Å²) in [5.41, 5.74) is 32.0. The zero-order valence-corrected chi connectivity index (χ0v) is 61.4. The van der Waals surface area contributed by atoms with Crippen molar-refractivity contribution in [1.29, 1.82) is 0 Å². The molecule has 99 heavy (non-hydrogen) atoms. The fourth-order valence-electron chi connectivity index (χ4n) is 18.3. The first kappa shape index (κ1) is 71.0. The van der Waals surface area contributed by atoms with E-state index in [1.165, 1.54) is 226 Å². The van der Waals surface area contributed by atoms with E-state index in [9.17, 15) is 4.79 Å². The molecular weight excluding hydrogens is 1190 g/mol. The van der Waals surface area contributed by atoms with E-state index in [0.29, 0.717) is 0 Å². The van der Waals surface area contributed by atoms with E-state index in [1.807, 2.05) is 12.1 Å². The molecule has 0 unspecified atom stereocenters. The average molecular weight is 1310 g/mol. The Kier molecular flexibility index (Phi) is 24.4. The van der Waals surface area contributed by atoms with Gasteiger partial charge in [0.15, 0.2) is 0 Å². The molecule has 0 heterocycles. The highest BCUT2D eigenvalue weighted by Gasteiger charge is 2.58. The second-order valence-corrected chi connectivity index (χ2v) is 30.1. The minimum Gasteiger partial charge on any atom is -0.298 e. The number of unbranched alkanes of at least 4 members (excludes halogenated alkanes) is 18. The monoisotopic (exact) mass is 1310 g/mol. The molecule has 0 fully saturated rings. The van der Waals surface area contributed by atoms with Crippen molar-refractivity contribution in [1.82, 2.24) is 0 Å². The normalized spacial score (nSPS) is 14.2. The Hall–Kier alpha value is -7.87. The maximum atomic E-state index is 12.3. The number of hydrogen-bond acceptors (Lipinski definition) is 1. The highest BCUT2D eigenvalue weighted by atomic mass is 16.1. The second-order valence-electron chi connectivity index (χ2n) is 30.1. The van der Waals surface area contributed by atoms with Crippen LogP contribution in [0.3, 0.4) is 0 Å². The molecule has 0 saturated carbocycles. The highest BCUT2D eigenvalue weighted by molar-refractivity contribution is 6.06. The van der Waals surface area contributed by atoms with E-state index in [2.05, 4.69) is 242 Å². The van der Waals surface area contributed by atoms with E-state index < -0.39 is 0 Å². The first-order valence-electron chi connectivity index (χ1n) is 39.7. The van der Waals surface area contributed by atoms with Gasteiger partial charge in [0, 0.05) is 21.8 Å². The van der Waals surface area contributed by atoms with E-state index >= 15 is 0 Å². The molecule has 9 aromatic carbocycles. The third-order valence-corrected chi connectivity index (χ3v) is 23.5. The van der Waals surface area contributed by atoms with Crippen molar-refractivity contribution >= 4 is 30.6 Å². The third-order valence-electron chi connectivity index (χ3n) is 23.5. The topological polar surface area (TPSA) is 17.1 Å². The van der Waals surface area contributed by atoms with Crippen LogP contribution < -0.4 is 0 Å². The molecule has 12 rings (SSSR count). The maximum Gasteiger partial charge on any atom is 0.150 e. The molecule has 3 aliphatic carbocycles. The molecule has 1 heteroatoms. The second kappa shape index (κ2) is 34.0. The van der Waals surface area contributed by atoms with Gasteiger partial charge in [-0.2, -0.15) is 0 Å². The van der Waals surface area contributed by atoms with E-state index in [1.54, 1.807) is 50.1 Å². The van der Waals surface area contributed by atoms with Crippen LogP contribution in [0.15, 0.2) is 188 Å². The molecule has 0 atom stereocenters. The Morgan fingerprint density at radius 1 is 0.242 bits per heavy atom. The molecular formula is C98H114O. The Labute approximate surface area is 598 Å². The lowest BCUT2D eigenvalue weighted by molar-refractivity contribution is 0.112. The summed E-state index contributed by atoms with van der Waals surface area (Å²) in [6, 6.07) is 72.8. The van der Waals surface area contributed by atoms with Crippen molar-refractivity contribution in [3.8, 4) is 66.8 Å². The Balaban J connectivity index is 1.20. The van der Waals surface area contributed by atoms with Crippen molar-refractivity contribution in [3.63, 3.8) is 0 Å². The van der Waals surface area contributed by atoms with Gasteiger partial charge in [-0.3, -0.25) is 4.79 Å². The van der Waals surface area contributed by atoms with E-state index in [4.69, 9.17) is 0 Å². The van der Waals surface area contributed by atoms with E-state index in [-0.39, 0.29) is 16.2 Å². The Morgan fingerprint density at radius 3 is 0.717 bits per heavy atom.